The Balaban J connectivity index is 0.000000320. The number of ether oxygens (including phenoxy) is 2. The summed E-state index contributed by atoms with van der Waals surface area (Å²) in [5.41, 5.74) is 0. The first-order valence-corrected chi connectivity index (χ1v) is 13.3. The van der Waals surface area contributed by atoms with Gasteiger partial charge in [0.25, 0.3) is 0 Å². The van der Waals surface area contributed by atoms with E-state index in [1.807, 2.05) is 13.8 Å². The van der Waals surface area contributed by atoms with Crippen molar-refractivity contribution in [3.63, 3.8) is 0 Å². The molecule has 6 heteroatoms. The molecule has 32 heavy (non-hydrogen) atoms. The van der Waals surface area contributed by atoms with Crippen LogP contribution in [0.3, 0.4) is 0 Å². The third kappa shape index (κ3) is 16.8. The van der Waals surface area contributed by atoms with Gasteiger partial charge in [0.15, 0.2) is 0 Å². The summed E-state index contributed by atoms with van der Waals surface area (Å²) in [5, 5.41) is 0. The van der Waals surface area contributed by atoms with Crippen LogP contribution in [0, 0.1) is 0 Å². The molecular weight excluding hydrogens is 404 g/mol. The first-order valence-electron chi connectivity index (χ1n) is 13.3. The second-order valence-corrected chi connectivity index (χ2v) is 8.98. The van der Waals surface area contributed by atoms with Crippen LogP contribution in [0.4, 0.5) is 0 Å². The Kier molecular flexibility index (Phi) is 19.0. The minimum Gasteiger partial charge on any atom is -0.382 e. The molecule has 2 aliphatic heterocycles. The van der Waals surface area contributed by atoms with E-state index in [-0.39, 0.29) is 0 Å². The third-order valence-electron chi connectivity index (χ3n) is 6.26. The summed E-state index contributed by atoms with van der Waals surface area (Å²) in [6.07, 6.45) is 13.1. The van der Waals surface area contributed by atoms with Crippen LogP contribution >= 0.6 is 0 Å². The van der Waals surface area contributed by atoms with Crippen molar-refractivity contribution in [3.05, 3.63) is 0 Å². The van der Waals surface area contributed by atoms with Gasteiger partial charge in [-0.1, -0.05) is 25.7 Å². The van der Waals surface area contributed by atoms with Crippen molar-refractivity contribution in [2.45, 2.75) is 90.9 Å². The van der Waals surface area contributed by atoms with Crippen LogP contribution in [-0.2, 0) is 19.1 Å². The number of Topliss-reactive ketones (excluding diaryl/α,β-unsaturated/α-hetero) is 2. The molecule has 0 aromatic rings. The largest absolute Gasteiger partial charge is 0.382 e. The van der Waals surface area contributed by atoms with E-state index in [1.54, 1.807) is 0 Å². The van der Waals surface area contributed by atoms with E-state index in [2.05, 4.69) is 9.80 Å². The fraction of sp³-hybridized carbons (Fsp3) is 0.923. The number of carbonyl (C=O) groups is 2. The van der Waals surface area contributed by atoms with Crippen LogP contribution in [-0.4, -0.2) is 87.1 Å². The fourth-order valence-corrected chi connectivity index (χ4v) is 4.13. The lowest BCUT2D eigenvalue weighted by Gasteiger charge is -2.25. The summed E-state index contributed by atoms with van der Waals surface area (Å²) < 4.78 is 10.6. The lowest BCUT2D eigenvalue weighted by molar-refractivity contribution is -0.122. The topological polar surface area (TPSA) is 59.1 Å². The molecule has 2 heterocycles. The zero-order valence-corrected chi connectivity index (χ0v) is 21.1. The molecule has 0 aromatic carbocycles. The molecule has 0 N–H and O–H groups in total. The Morgan fingerprint density at radius 2 is 0.906 bits per heavy atom. The number of rotatable bonds is 16. The van der Waals surface area contributed by atoms with E-state index in [0.717, 1.165) is 78.3 Å². The van der Waals surface area contributed by atoms with Crippen LogP contribution in [0.2, 0.25) is 0 Å². The van der Waals surface area contributed by atoms with E-state index in [4.69, 9.17) is 9.47 Å². The standard InChI is InChI=1S/2C13H25NO2/c2*1-2-16-12-6-4-3-5-9-14-10-7-13(15)8-11-14/h2*2-12H2,1H3. The number of hydrogen-bond donors (Lipinski definition) is 0. The van der Waals surface area contributed by atoms with Crippen molar-refractivity contribution in [1.29, 1.82) is 0 Å². The molecule has 0 bridgehead atoms. The zero-order valence-electron chi connectivity index (χ0n) is 21.1. The lowest BCUT2D eigenvalue weighted by atomic mass is 10.1. The molecule has 2 aliphatic rings. The Morgan fingerprint density at radius 1 is 0.562 bits per heavy atom. The second kappa shape index (κ2) is 20.8. The summed E-state index contributed by atoms with van der Waals surface area (Å²) in [6.45, 7) is 13.8. The first-order chi connectivity index (χ1) is 15.7. The maximum Gasteiger partial charge on any atom is 0.135 e. The molecule has 0 atom stereocenters. The Morgan fingerprint density at radius 3 is 1.25 bits per heavy atom. The molecule has 188 valence electrons. The van der Waals surface area contributed by atoms with E-state index in [9.17, 15) is 9.59 Å². The molecule has 0 saturated carbocycles. The molecule has 0 aromatic heterocycles. The molecule has 2 fully saturated rings. The number of likely N-dealkylation sites (tertiary alicyclic amines) is 2. The van der Waals surface area contributed by atoms with E-state index in [1.165, 1.54) is 64.5 Å². The number of nitrogens with zero attached hydrogens (tertiary/aromatic N) is 2. The van der Waals surface area contributed by atoms with Gasteiger partial charge in [-0.05, 0) is 52.6 Å². The first kappa shape index (κ1) is 29.2. The van der Waals surface area contributed by atoms with Crippen LogP contribution < -0.4 is 0 Å². The monoisotopic (exact) mass is 454 g/mol. The molecule has 0 spiro atoms. The smallest absolute Gasteiger partial charge is 0.135 e. The molecule has 0 radical (unpaired) electrons. The van der Waals surface area contributed by atoms with Gasteiger partial charge in [-0.3, -0.25) is 9.59 Å². The van der Waals surface area contributed by atoms with Crippen molar-refractivity contribution >= 4 is 11.6 Å². The number of carbonyl (C=O) groups excluding carboxylic acids is 2. The van der Waals surface area contributed by atoms with Gasteiger partial charge in [-0.25, -0.2) is 0 Å². The molecule has 0 amide bonds. The van der Waals surface area contributed by atoms with Crippen LogP contribution in [0.5, 0.6) is 0 Å². The van der Waals surface area contributed by atoms with Crippen molar-refractivity contribution in [2.24, 2.45) is 0 Å². The highest BCUT2D eigenvalue weighted by Crippen LogP contribution is 2.09. The lowest BCUT2D eigenvalue weighted by Crippen LogP contribution is -2.34. The predicted octanol–water partition coefficient (Wildman–Crippen LogP) is 4.50. The average Bonchev–Trinajstić information content (AvgIpc) is 2.81. The highest BCUT2D eigenvalue weighted by molar-refractivity contribution is 5.79. The Labute approximate surface area is 197 Å². The third-order valence-corrected chi connectivity index (χ3v) is 6.26. The summed E-state index contributed by atoms with van der Waals surface area (Å²) >= 11 is 0. The highest BCUT2D eigenvalue weighted by Gasteiger charge is 2.15. The summed E-state index contributed by atoms with van der Waals surface area (Å²) in [5.74, 6) is 0.876. The maximum absolute atomic E-state index is 11.0. The summed E-state index contributed by atoms with van der Waals surface area (Å²) in [6, 6.07) is 0. The van der Waals surface area contributed by atoms with E-state index in [0.29, 0.717) is 11.6 Å². The Hall–Kier alpha value is -0.820. The quantitative estimate of drug-likeness (QED) is 0.320. The Bertz CT molecular complexity index is 411. The van der Waals surface area contributed by atoms with Gasteiger partial charge in [0.05, 0.1) is 0 Å². The van der Waals surface area contributed by atoms with Crippen molar-refractivity contribution in [2.75, 3.05) is 65.7 Å². The van der Waals surface area contributed by atoms with Crippen LogP contribution in [0.15, 0.2) is 0 Å². The maximum atomic E-state index is 11.0. The highest BCUT2D eigenvalue weighted by atomic mass is 16.5. The summed E-state index contributed by atoms with van der Waals surface area (Å²) in [4.78, 5) is 26.9. The molecule has 2 saturated heterocycles. The fourth-order valence-electron chi connectivity index (χ4n) is 4.13. The van der Waals surface area contributed by atoms with Crippen molar-refractivity contribution in [3.8, 4) is 0 Å². The predicted molar refractivity (Wildman–Crippen MR) is 131 cm³/mol. The molecule has 0 unspecified atom stereocenters. The number of unbranched alkanes of at least 4 members (excludes halogenated alkanes) is 6. The van der Waals surface area contributed by atoms with Crippen LogP contribution in [0.25, 0.3) is 0 Å². The molecular formula is C26H50N2O4. The van der Waals surface area contributed by atoms with Gasteiger partial charge in [0.1, 0.15) is 11.6 Å². The van der Waals surface area contributed by atoms with Gasteiger partial charge in [0, 0.05) is 78.3 Å². The molecule has 2 rings (SSSR count). The van der Waals surface area contributed by atoms with E-state index < -0.39 is 0 Å². The average molecular weight is 455 g/mol. The number of hydrogen-bond acceptors (Lipinski definition) is 6. The van der Waals surface area contributed by atoms with Gasteiger partial charge in [0.2, 0.25) is 0 Å². The summed E-state index contributed by atoms with van der Waals surface area (Å²) in [7, 11) is 0. The van der Waals surface area contributed by atoms with Gasteiger partial charge >= 0.3 is 0 Å². The van der Waals surface area contributed by atoms with Crippen molar-refractivity contribution in [1.82, 2.24) is 9.80 Å². The minimum atomic E-state index is 0.438. The number of piperidine rings is 2. The molecule has 6 nitrogen and oxygen atoms in total. The minimum absolute atomic E-state index is 0.438. The second-order valence-electron chi connectivity index (χ2n) is 8.98. The van der Waals surface area contributed by atoms with Crippen LogP contribution in [0.1, 0.15) is 90.9 Å². The number of ketones is 2. The zero-order chi connectivity index (χ0) is 23.3. The van der Waals surface area contributed by atoms with Crippen molar-refractivity contribution < 1.29 is 19.1 Å². The SMILES string of the molecule is CCOCCCCCCN1CCC(=O)CC1.CCOCCCCCCN1CCC(=O)CC1. The van der Waals surface area contributed by atoms with Gasteiger partial charge in [-0.15, -0.1) is 0 Å². The van der Waals surface area contributed by atoms with Gasteiger partial charge in [-0.2, -0.15) is 0 Å². The molecule has 0 aliphatic carbocycles. The van der Waals surface area contributed by atoms with E-state index >= 15 is 0 Å². The van der Waals surface area contributed by atoms with Gasteiger partial charge < -0.3 is 19.3 Å². The normalized spacial score (nSPS) is 17.9.